The molecular weight excluding hydrogens is 268 g/mol. The standard InChI is InChI=1S/C16H26N2O3/c1-3-11-18(12-14-5-6-14)16(21)17-10-9-13(4-2)7-8-15(19)20/h1,13-14H,4-12H2,2H3,(H,17,21)(H,19,20). The van der Waals surface area contributed by atoms with Crippen LogP contribution in [0.4, 0.5) is 4.79 Å². The molecule has 1 aliphatic rings. The number of urea groups is 1. The Kier molecular flexibility index (Phi) is 7.66. The quantitative estimate of drug-likeness (QED) is 0.608. The Balaban J connectivity index is 2.25. The highest BCUT2D eigenvalue weighted by molar-refractivity contribution is 5.74. The van der Waals surface area contributed by atoms with Gasteiger partial charge in [0.25, 0.3) is 0 Å². The van der Waals surface area contributed by atoms with E-state index in [1.807, 2.05) is 6.92 Å². The van der Waals surface area contributed by atoms with Crippen LogP contribution >= 0.6 is 0 Å². The van der Waals surface area contributed by atoms with Crippen LogP contribution in [0.25, 0.3) is 0 Å². The van der Waals surface area contributed by atoms with Gasteiger partial charge in [-0.3, -0.25) is 4.79 Å². The van der Waals surface area contributed by atoms with Gasteiger partial charge in [0.05, 0.1) is 6.54 Å². The lowest BCUT2D eigenvalue weighted by Gasteiger charge is -2.21. The Morgan fingerprint density at radius 3 is 2.67 bits per heavy atom. The molecule has 0 heterocycles. The van der Waals surface area contributed by atoms with Crippen LogP contribution in [0.1, 0.15) is 45.4 Å². The summed E-state index contributed by atoms with van der Waals surface area (Å²) >= 11 is 0. The minimum Gasteiger partial charge on any atom is -0.481 e. The number of nitrogens with zero attached hydrogens (tertiary/aromatic N) is 1. The number of nitrogens with one attached hydrogen (secondary N) is 1. The topological polar surface area (TPSA) is 69.6 Å². The number of rotatable bonds is 10. The molecule has 0 aromatic rings. The van der Waals surface area contributed by atoms with E-state index < -0.39 is 5.97 Å². The lowest BCUT2D eigenvalue weighted by Crippen LogP contribution is -2.42. The molecule has 0 bridgehead atoms. The highest BCUT2D eigenvalue weighted by Gasteiger charge is 2.26. The van der Waals surface area contributed by atoms with Gasteiger partial charge in [-0.2, -0.15) is 0 Å². The maximum Gasteiger partial charge on any atom is 0.318 e. The number of hydrogen-bond acceptors (Lipinski definition) is 2. The van der Waals surface area contributed by atoms with Crippen LogP contribution in [-0.2, 0) is 4.79 Å². The molecule has 1 saturated carbocycles. The fourth-order valence-corrected chi connectivity index (χ4v) is 2.32. The monoisotopic (exact) mass is 294 g/mol. The fourth-order valence-electron chi connectivity index (χ4n) is 2.32. The molecule has 0 aromatic heterocycles. The van der Waals surface area contributed by atoms with Crippen LogP contribution < -0.4 is 5.32 Å². The summed E-state index contributed by atoms with van der Waals surface area (Å²) in [4.78, 5) is 24.3. The third kappa shape index (κ3) is 7.60. The van der Waals surface area contributed by atoms with Gasteiger partial charge < -0.3 is 15.3 Å². The molecule has 0 aromatic carbocycles. The molecule has 118 valence electrons. The first-order valence-electron chi connectivity index (χ1n) is 7.74. The van der Waals surface area contributed by atoms with Crippen molar-refractivity contribution in [2.45, 2.75) is 45.4 Å². The SMILES string of the molecule is C#CCN(CC1CC1)C(=O)NCCC(CC)CCC(=O)O. The number of terminal acetylenes is 1. The second kappa shape index (κ2) is 9.28. The highest BCUT2D eigenvalue weighted by Crippen LogP contribution is 2.29. The van der Waals surface area contributed by atoms with Gasteiger partial charge >= 0.3 is 12.0 Å². The molecule has 1 aliphatic carbocycles. The first-order valence-corrected chi connectivity index (χ1v) is 7.74. The number of carbonyl (C=O) groups excluding carboxylic acids is 1. The molecule has 5 nitrogen and oxygen atoms in total. The van der Waals surface area contributed by atoms with Crippen LogP contribution in [0.15, 0.2) is 0 Å². The van der Waals surface area contributed by atoms with E-state index in [0.29, 0.717) is 31.3 Å². The van der Waals surface area contributed by atoms with E-state index in [4.69, 9.17) is 11.5 Å². The molecule has 0 aliphatic heterocycles. The van der Waals surface area contributed by atoms with Crippen LogP contribution in [0.2, 0.25) is 0 Å². The Morgan fingerprint density at radius 1 is 1.43 bits per heavy atom. The van der Waals surface area contributed by atoms with Gasteiger partial charge in [0.15, 0.2) is 0 Å². The smallest absolute Gasteiger partial charge is 0.318 e. The number of carbonyl (C=O) groups is 2. The normalized spacial score (nSPS) is 15.0. The first-order chi connectivity index (χ1) is 10.1. The summed E-state index contributed by atoms with van der Waals surface area (Å²) in [6.45, 7) is 3.71. The van der Waals surface area contributed by atoms with E-state index in [0.717, 1.165) is 19.4 Å². The predicted octanol–water partition coefficient (Wildman–Crippen LogP) is 2.32. The second-order valence-electron chi connectivity index (χ2n) is 5.76. The molecule has 2 amide bonds. The molecule has 1 rings (SSSR count). The van der Waals surface area contributed by atoms with Crippen molar-refractivity contribution in [2.75, 3.05) is 19.6 Å². The Labute approximate surface area is 127 Å². The highest BCUT2D eigenvalue weighted by atomic mass is 16.4. The molecule has 2 N–H and O–H groups in total. The van der Waals surface area contributed by atoms with Gasteiger partial charge in [0.1, 0.15) is 0 Å². The van der Waals surface area contributed by atoms with E-state index in [1.54, 1.807) is 4.90 Å². The van der Waals surface area contributed by atoms with Crippen molar-refractivity contribution in [3.8, 4) is 12.3 Å². The van der Waals surface area contributed by atoms with Gasteiger partial charge in [0, 0.05) is 19.5 Å². The van der Waals surface area contributed by atoms with E-state index in [1.165, 1.54) is 12.8 Å². The number of carboxylic acids is 1. The van der Waals surface area contributed by atoms with E-state index in [9.17, 15) is 9.59 Å². The van der Waals surface area contributed by atoms with E-state index >= 15 is 0 Å². The molecule has 5 heteroatoms. The third-order valence-corrected chi connectivity index (χ3v) is 3.92. The molecule has 1 atom stereocenters. The van der Waals surface area contributed by atoms with Gasteiger partial charge in [0.2, 0.25) is 0 Å². The van der Waals surface area contributed by atoms with Gasteiger partial charge in [-0.25, -0.2) is 4.79 Å². The summed E-state index contributed by atoms with van der Waals surface area (Å²) in [5, 5.41) is 11.6. The van der Waals surface area contributed by atoms with Crippen LogP contribution in [0.3, 0.4) is 0 Å². The summed E-state index contributed by atoms with van der Waals surface area (Å²) in [6.07, 6.45) is 10.3. The average Bonchev–Trinajstić information content (AvgIpc) is 3.25. The largest absolute Gasteiger partial charge is 0.481 e. The van der Waals surface area contributed by atoms with Crippen LogP contribution in [-0.4, -0.2) is 41.6 Å². The Hall–Kier alpha value is -1.70. The van der Waals surface area contributed by atoms with Gasteiger partial charge in [-0.05, 0) is 37.5 Å². The van der Waals surface area contributed by atoms with E-state index in [-0.39, 0.29) is 12.5 Å². The fraction of sp³-hybridized carbons (Fsp3) is 0.750. The third-order valence-electron chi connectivity index (χ3n) is 3.92. The van der Waals surface area contributed by atoms with Crippen molar-refractivity contribution in [2.24, 2.45) is 11.8 Å². The molecule has 0 spiro atoms. The summed E-state index contributed by atoms with van der Waals surface area (Å²) in [5.74, 6) is 2.72. The lowest BCUT2D eigenvalue weighted by molar-refractivity contribution is -0.137. The van der Waals surface area contributed by atoms with Crippen LogP contribution in [0.5, 0.6) is 0 Å². The van der Waals surface area contributed by atoms with E-state index in [2.05, 4.69) is 11.2 Å². The Morgan fingerprint density at radius 2 is 2.14 bits per heavy atom. The number of aliphatic carboxylic acids is 1. The van der Waals surface area contributed by atoms with Gasteiger partial charge in [-0.1, -0.05) is 19.3 Å². The van der Waals surface area contributed by atoms with Crippen molar-refractivity contribution in [3.63, 3.8) is 0 Å². The Bertz CT molecular complexity index is 385. The van der Waals surface area contributed by atoms with Gasteiger partial charge in [-0.15, -0.1) is 6.42 Å². The van der Waals surface area contributed by atoms with Crippen LogP contribution in [0, 0.1) is 24.2 Å². The molecule has 0 saturated heterocycles. The van der Waals surface area contributed by atoms with Crippen molar-refractivity contribution < 1.29 is 14.7 Å². The average molecular weight is 294 g/mol. The predicted molar refractivity (Wildman–Crippen MR) is 81.8 cm³/mol. The van der Waals surface area contributed by atoms with Crippen molar-refractivity contribution >= 4 is 12.0 Å². The summed E-state index contributed by atoms with van der Waals surface area (Å²) < 4.78 is 0. The summed E-state index contributed by atoms with van der Waals surface area (Å²) in [7, 11) is 0. The minimum absolute atomic E-state index is 0.104. The molecule has 1 fully saturated rings. The minimum atomic E-state index is -0.762. The lowest BCUT2D eigenvalue weighted by atomic mass is 9.97. The maximum atomic E-state index is 12.1. The van der Waals surface area contributed by atoms with Crippen molar-refractivity contribution in [3.05, 3.63) is 0 Å². The molecule has 0 radical (unpaired) electrons. The first kappa shape index (κ1) is 17.4. The number of carboxylic acid groups (broad SMARTS) is 1. The molecule has 1 unspecified atom stereocenters. The molecule has 21 heavy (non-hydrogen) atoms. The maximum absolute atomic E-state index is 12.1. The van der Waals surface area contributed by atoms with Crippen molar-refractivity contribution in [1.82, 2.24) is 10.2 Å². The second-order valence-corrected chi connectivity index (χ2v) is 5.76. The summed E-state index contributed by atoms with van der Waals surface area (Å²) in [6, 6.07) is -0.104. The number of hydrogen-bond donors (Lipinski definition) is 2. The summed E-state index contributed by atoms with van der Waals surface area (Å²) in [5.41, 5.74) is 0. The molecular formula is C16H26N2O3. The number of amides is 2. The zero-order chi connectivity index (χ0) is 15.7. The zero-order valence-corrected chi connectivity index (χ0v) is 12.8. The zero-order valence-electron chi connectivity index (χ0n) is 12.8. The van der Waals surface area contributed by atoms with Crippen molar-refractivity contribution in [1.29, 1.82) is 0 Å².